The Morgan fingerprint density at radius 2 is 2.08 bits per heavy atom. The first-order valence-corrected chi connectivity index (χ1v) is 4.82. The molecule has 0 radical (unpaired) electrons. The minimum absolute atomic E-state index is 0.201. The van der Waals surface area contributed by atoms with Crippen LogP contribution in [-0.4, -0.2) is 5.97 Å². The van der Waals surface area contributed by atoms with E-state index in [4.69, 9.17) is 4.74 Å². The van der Waals surface area contributed by atoms with Crippen LogP contribution in [0.3, 0.4) is 0 Å². The minimum Gasteiger partial charge on any atom is -0.458 e. The molecule has 1 aromatic carbocycles. The molecule has 0 saturated heterocycles. The average Bonchev–Trinajstić information content (AvgIpc) is 2.03. The molecular weight excluding hydrogens is 232 g/mol. The van der Waals surface area contributed by atoms with Gasteiger partial charge in [0.15, 0.2) is 0 Å². The van der Waals surface area contributed by atoms with Gasteiger partial charge in [-0.15, -0.1) is 0 Å². The van der Waals surface area contributed by atoms with Crippen LogP contribution in [0.5, 0.6) is 0 Å². The second-order valence-electron chi connectivity index (χ2n) is 2.77. The molecule has 0 saturated carbocycles. The van der Waals surface area contributed by atoms with Crippen molar-refractivity contribution >= 4 is 21.9 Å². The van der Waals surface area contributed by atoms with Crippen molar-refractivity contribution in [3.63, 3.8) is 0 Å². The van der Waals surface area contributed by atoms with Gasteiger partial charge in [-0.3, -0.25) is 4.79 Å². The largest absolute Gasteiger partial charge is 0.458 e. The predicted octanol–water partition coefficient (Wildman–Crippen LogP) is 3.07. The first kappa shape index (κ1) is 10.3. The van der Waals surface area contributed by atoms with Crippen LogP contribution in [0.25, 0.3) is 0 Å². The molecule has 0 aliphatic carbocycles. The summed E-state index contributed by atoms with van der Waals surface area (Å²) in [7, 11) is 0. The summed E-state index contributed by atoms with van der Waals surface area (Å²) in [5.74, 6) is -0.261. The first-order valence-electron chi connectivity index (χ1n) is 4.03. The molecule has 0 N–H and O–H groups in total. The van der Waals surface area contributed by atoms with Crippen molar-refractivity contribution in [1.29, 1.82) is 0 Å². The summed E-state index contributed by atoms with van der Waals surface area (Å²) in [6.07, 6.45) is -0.201. The van der Waals surface area contributed by atoms with Crippen molar-refractivity contribution in [2.24, 2.45) is 0 Å². The standard InChI is InChI=1S/C10H11BrO2/c1-7(13-8(2)12)9-5-3-4-6-10(9)11/h3-7H,1-2H3/t7-/m0/s1. The van der Waals surface area contributed by atoms with Crippen LogP contribution >= 0.6 is 15.9 Å². The van der Waals surface area contributed by atoms with E-state index in [1.165, 1.54) is 6.92 Å². The van der Waals surface area contributed by atoms with Gasteiger partial charge in [-0.1, -0.05) is 34.1 Å². The SMILES string of the molecule is CC(=O)O[C@@H](C)c1ccccc1Br. The van der Waals surface area contributed by atoms with Gasteiger partial charge in [0.25, 0.3) is 0 Å². The Bertz CT molecular complexity index is 310. The Labute approximate surface area is 86.0 Å². The summed E-state index contributed by atoms with van der Waals surface area (Å²) < 4.78 is 6.01. The fourth-order valence-electron chi connectivity index (χ4n) is 1.12. The predicted molar refractivity (Wildman–Crippen MR) is 54.3 cm³/mol. The van der Waals surface area contributed by atoms with E-state index in [9.17, 15) is 4.79 Å². The monoisotopic (exact) mass is 242 g/mol. The fraction of sp³-hybridized carbons (Fsp3) is 0.300. The summed E-state index contributed by atoms with van der Waals surface area (Å²) in [5, 5.41) is 0. The highest BCUT2D eigenvalue weighted by Gasteiger charge is 2.10. The molecule has 1 rings (SSSR count). The maximum Gasteiger partial charge on any atom is 0.303 e. The third-order valence-electron chi connectivity index (χ3n) is 1.69. The topological polar surface area (TPSA) is 26.3 Å². The summed E-state index contributed by atoms with van der Waals surface area (Å²) in [6, 6.07) is 7.70. The van der Waals surface area contributed by atoms with Crippen molar-refractivity contribution in [1.82, 2.24) is 0 Å². The van der Waals surface area contributed by atoms with Crippen LogP contribution in [0.15, 0.2) is 28.7 Å². The van der Waals surface area contributed by atoms with Crippen LogP contribution in [0.1, 0.15) is 25.5 Å². The number of carbonyl (C=O) groups excluding carboxylic acids is 1. The Kier molecular flexibility index (Phi) is 3.48. The molecule has 0 unspecified atom stereocenters. The van der Waals surface area contributed by atoms with Crippen LogP contribution < -0.4 is 0 Å². The Morgan fingerprint density at radius 1 is 1.46 bits per heavy atom. The Balaban J connectivity index is 2.82. The van der Waals surface area contributed by atoms with Crippen molar-refractivity contribution in [2.75, 3.05) is 0 Å². The van der Waals surface area contributed by atoms with Crippen molar-refractivity contribution in [2.45, 2.75) is 20.0 Å². The molecule has 0 heterocycles. The minimum atomic E-state index is -0.261. The summed E-state index contributed by atoms with van der Waals surface area (Å²) in [5.41, 5.74) is 0.984. The second kappa shape index (κ2) is 4.42. The molecule has 0 amide bonds. The number of carbonyl (C=O) groups is 1. The molecule has 0 spiro atoms. The van der Waals surface area contributed by atoms with Gasteiger partial charge in [-0.2, -0.15) is 0 Å². The molecule has 0 bridgehead atoms. The summed E-state index contributed by atoms with van der Waals surface area (Å²) >= 11 is 3.40. The molecular formula is C10H11BrO2. The lowest BCUT2D eigenvalue weighted by Crippen LogP contribution is -2.05. The van der Waals surface area contributed by atoms with Crippen molar-refractivity contribution < 1.29 is 9.53 Å². The lowest BCUT2D eigenvalue weighted by atomic mass is 10.1. The number of hydrogen-bond donors (Lipinski definition) is 0. The Hall–Kier alpha value is -0.830. The average molecular weight is 243 g/mol. The lowest BCUT2D eigenvalue weighted by Gasteiger charge is -2.13. The number of ether oxygens (including phenoxy) is 1. The van der Waals surface area contributed by atoms with E-state index in [1.54, 1.807) is 0 Å². The first-order chi connectivity index (χ1) is 6.11. The smallest absolute Gasteiger partial charge is 0.303 e. The highest BCUT2D eigenvalue weighted by Crippen LogP contribution is 2.25. The Morgan fingerprint density at radius 3 is 2.62 bits per heavy atom. The second-order valence-corrected chi connectivity index (χ2v) is 3.63. The van der Waals surface area contributed by atoms with Gasteiger partial charge in [0, 0.05) is 17.0 Å². The molecule has 0 aromatic heterocycles. The van der Waals surface area contributed by atoms with Gasteiger partial charge >= 0.3 is 5.97 Å². The van der Waals surface area contributed by atoms with Gasteiger partial charge in [0.05, 0.1) is 0 Å². The molecule has 1 aromatic rings. The summed E-state index contributed by atoms with van der Waals surface area (Å²) in [6.45, 7) is 3.26. The van der Waals surface area contributed by atoms with Crippen LogP contribution in [0.4, 0.5) is 0 Å². The normalized spacial score (nSPS) is 12.2. The van der Waals surface area contributed by atoms with Crippen LogP contribution in [0, 0.1) is 0 Å². The third kappa shape index (κ3) is 2.84. The number of halogens is 1. The van der Waals surface area contributed by atoms with E-state index in [2.05, 4.69) is 15.9 Å². The van der Waals surface area contributed by atoms with E-state index < -0.39 is 0 Å². The van der Waals surface area contributed by atoms with Gasteiger partial charge < -0.3 is 4.74 Å². The molecule has 3 heteroatoms. The van der Waals surface area contributed by atoms with E-state index in [1.807, 2.05) is 31.2 Å². The molecule has 0 aliphatic rings. The van der Waals surface area contributed by atoms with Crippen LogP contribution in [0.2, 0.25) is 0 Å². The lowest BCUT2D eigenvalue weighted by molar-refractivity contribution is -0.145. The van der Waals surface area contributed by atoms with E-state index in [0.717, 1.165) is 10.0 Å². The maximum atomic E-state index is 10.7. The number of benzene rings is 1. The third-order valence-corrected chi connectivity index (χ3v) is 2.41. The van der Waals surface area contributed by atoms with Gasteiger partial charge in [-0.05, 0) is 13.0 Å². The quantitative estimate of drug-likeness (QED) is 0.746. The molecule has 13 heavy (non-hydrogen) atoms. The highest BCUT2D eigenvalue weighted by atomic mass is 79.9. The maximum absolute atomic E-state index is 10.7. The molecule has 1 atom stereocenters. The number of hydrogen-bond acceptors (Lipinski definition) is 2. The molecule has 70 valence electrons. The highest BCUT2D eigenvalue weighted by molar-refractivity contribution is 9.10. The van der Waals surface area contributed by atoms with Crippen LogP contribution in [-0.2, 0) is 9.53 Å². The van der Waals surface area contributed by atoms with Crippen molar-refractivity contribution in [3.05, 3.63) is 34.3 Å². The zero-order valence-electron chi connectivity index (χ0n) is 7.58. The van der Waals surface area contributed by atoms with E-state index >= 15 is 0 Å². The summed E-state index contributed by atoms with van der Waals surface area (Å²) in [4.78, 5) is 10.7. The number of esters is 1. The van der Waals surface area contributed by atoms with Gasteiger partial charge in [-0.25, -0.2) is 0 Å². The zero-order chi connectivity index (χ0) is 9.84. The van der Waals surface area contributed by atoms with E-state index in [-0.39, 0.29) is 12.1 Å². The molecule has 2 nitrogen and oxygen atoms in total. The molecule has 0 aliphatic heterocycles. The van der Waals surface area contributed by atoms with Crippen molar-refractivity contribution in [3.8, 4) is 0 Å². The fourth-order valence-corrected chi connectivity index (χ4v) is 1.72. The van der Waals surface area contributed by atoms with Gasteiger partial charge in [0.1, 0.15) is 6.10 Å². The molecule has 0 fully saturated rings. The zero-order valence-corrected chi connectivity index (χ0v) is 9.17. The van der Waals surface area contributed by atoms with E-state index in [0.29, 0.717) is 0 Å². The number of rotatable bonds is 2. The van der Waals surface area contributed by atoms with Gasteiger partial charge in [0.2, 0.25) is 0 Å².